The van der Waals surface area contributed by atoms with E-state index in [1.54, 1.807) is 24.3 Å². The van der Waals surface area contributed by atoms with E-state index >= 15 is 0 Å². The Morgan fingerprint density at radius 1 is 1.04 bits per heavy atom. The summed E-state index contributed by atoms with van der Waals surface area (Å²) in [4.78, 5) is 23.2. The van der Waals surface area contributed by atoms with Crippen molar-refractivity contribution in [1.82, 2.24) is 5.32 Å². The van der Waals surface area contributed by atoms with Crippen LogP contribution in [-0.2, 0) is 0 Å². The third kappa shape index (κ3) is 5.43. The summed E-state index contributed by atoms with van der Waals surface area (Å²) in [5.74, 6) is 0.754. The van der Waals surface area contributed by atoms with Crippen LogP contribution in [0.3, 0.4) is 0 Å². The summed E-state index contributed by atoms with van der Waals surface area (Å²) in [6.07, 6.45) is 0. The molecule has 2 N–H and O–H groups in total. The molecule has 0 spiro atoms. The summed E-state index contributed by atoms with van der Waals surface area (Å²) in [5, 5.41) is 5.42. The van der Waals surface area contributed by atoms with Crippen molar-refractivity contribution in [2.24, 2.45) is 0 Å². The van der Waals surface area contributed by atoms with Crippen LogP contribution in [0.4, 0.5) is 10.5 Å². The zero-order valence-electron chi connectivity index (χ0n) is 14.2. The second-order valence-corrected chi connectivity index (χ2v) is 5.69. The van der Waals surface area contributed by atoms with E-state index in [1.165, 1.54) is 6.92 Å². The fourth-order valence-electron chi connectivity index (χ4n) is 2.34. The number of hydrogen-bond donors (Lipinski definition) is 2. The van der Waals surface area contributed by atoms with Crippen LogP contribution >= 0.6 is 0 Å². The number of aryl methyl sites for hydroxylation is 2. The van der Waals surface area contributed by atoms with Gasteiger partial charge in [0.2, 0.25) is 0 Å². The van der Waals surface area contributed by atoms with Crippen LogP contribution in [0.5, 0.6) is 5.75 Å². The fraction of sp³-hybridized carbons (Fsp3) is 0.263. The van der Waals surface area contributed by atoms with Crippen molar-refractivity contribution < 1.29 is 14.3 Å². The van der Waals surface area contributed by atoms with Crippen molar-refractivity contribution in [3.8, 4) is 5.75 Å². The lowest BCUT2D eigenvalue weighted by atomic mass is 10.1. The van der Waals surface area contributed by atoms with Gasteiger partial charge in [0.15, 0.2) is 5.78 Å². The number of amides is 2. The normalized spacial score (nSPS) is 10.1. The van der Waals surface area contributed by atoms with Crippen molar-refractivity contribution in [1.29, 1.82) is 0 Å². The molecule has 0 bridgehead atoms. The molecule has 0 aliphatic carbocycles. The van der Waals surface area contributed by atoms with Gasteiger partial charge in [0, 0.05) is 11.3 Å². The van der Waals surface area contributed by atoms with E-state index < -0.39 is 0 Å². The van der Waals surface area contributed by atoms with Gasteiger partial charge in [0.25, 0.3) is 0 Å². The van der Waals surface area contributed by atoms with Crippen LogP contribution in [0, 0.1) is 13.8 Å². The molecule has 0 saturated heterocycles. The van der Waals surface area contributed by atoms with E-state index in [-0.39, 0.29) is 11.8 Å². The van der Waals surface area contributed by atoms with Gasteiger partial charge >= 0.3 is 6.03 Å². The number of benzene rings is 2. The smallest absolute Gasteiger partial charge is 0.319 e. The minimum atomic E-state index is -0.334. The molecule has 0 aliphatic rings. The van der Waals surface area contributed by atoms with E-state index in [4.69, 9.17) is 4.74 Å². The number of nitrogens with one attached hydrogen (secondary N) is 2. The summed E-state index contributed by atoms with van der Waals surface area (Å²) >= 11 is 0. The molecule has 0 saturated carbocycles. The molecular formula is C19H22N2O3. The van der Waals surface area contributed by atoms with Crippen molar-refractivity contribution in [2.45, 2.75) is 20.8 Å². The molecule has 0 fully saturated rings. The first kappa shape index (κ1) is 17.5. The van der Waals surface area contributed by atoms with Crippen molar-refractivity contribution in [3.05, 3.63) is 59.2 Å². The average molecular weight is 326 g/mol. The number of ether oxygens (including phenoxy) is 1. The minimum absolute atomic E-state index is 0.0408. The highest BCUT2D eigenvalue weighted by Gasteiger charge is 2.04. The molecule has 2 rings (SSSR count). The lowest BCUT2D eigenvalue weighted by Gasteiger charge is -2.10. The molecule has 5 heteroatoms. The zero-order valence-corrected chi connectivity index (χ0v) is 14.2. The quantitative estimate of drug-likeness (QED) is 0.628. The number of carbonyl (C=O) groups excluding carboxylic acids is 2. The molecule has 126 valence electrons. The van der Waals surface area contributed by atoms with E-state index in [9.17, 15) is 9.59 Å². The van der Waals surface area contributed by atoms with Gasteiger partial charge in [0.1, 0.15) is 12.4 Å². The first-order chi connectivity index (χ1) is 11.4. The highest BCUT2D eigenvalue weighted by atomic mass is 16.5. The Kier molecular flexibility index (Phi) is 5.95. The van der Waals surface area contributed by atoms with Crippen LogP contribution in [-0.4, -0.2) is 25.0 Å². The molecule has 2 aromatic rings. The number of rotatable bonds is 6. The molecule has 2 aromatic carbocycles. The highest BCUT2D eigenvalue weighted by molar-refractivity contribution is 5.96. The summed E-state index contributed by atoms with van der Waals surface area (Å²) in [7, 11) is 0. The molecule has 2 amide bonds. The zero-order chi connectivity index (χ0) is 17.5. The molecule has 0 atom stereocenters. The van der Waals surface area contributed by atoms with Gasteiger partial charge < -0.3 is 15.4 Å². The van der Waals surface area contributed by atoms with Crippen molar-refractivity contribution in [3.63, 3.8) is 0 Å². The first-order valence-electron chi connectivity index (χ1n) is 7.81. The Labute approximate surface area is 142 Å². The molecule has 0 aromatic heterocycles. The minimum Gasteiger partial charge on any atom is -0.492 e. The Bertz CT molecular complexity index is 721. The largest absolute Gasteiger partial charge is 0.492 e. The third-order valence-corrected chi connectivity index (χ3v) is 3.38. The van der Waals surface area contributed by atoms with E-state index in [0.717, 1.165) is 16.9 Å². The van der Waals surface area contributed by atoms with Crippen LogP contribution in [0.15, 0.2) is 42.5 Å². The maximum absolute atomic E-state index is 11.9. The van der Waals surface area contributed by atoms with Crippen molar-refractivity contribution in [2.75, 3.05) is 18.5 Å². The van der Waals surface area contributed by atoms with Crippen LogP contribution < -0.4 is 15.4 Å². The summed E-state index contributed by atoms with van der Waals surface area (Å²) in [6.45, 7) is 6.28. The first-order valence-corrected chi connectivity index (χ1v) is 7.81. The number of anilines is 1. The third-order valence-electron chi connectivity index (χ3n) is 3.38. The SMILES string of the molecule is CC(=O)c1cccc(NC(=O)NCCOc2cc(C)cc(C)c2)c1. The molecule has 24 heavy (non-hydrogen) atoms. The predicted octanol–water partition coefficient (Wildman–Crippen LogP) is 3.71. The summed E-state index contributed by atoms with van der Waals surface area (Å²) in [6, 6.07) is 12.5. The standard InChI is InChI=1S/C19H22N2O3/c1-13-9-14(2)11-18(10-13)24-8-7-20-19(23)21-17-6-4-5-16(12-17)15(3)22/h4-6,9-12H,7-8H2,1-3H3,(H2,20,21,23). The molecular weight excluding hydrogens is 304 g/mol. The molecule has 0 unspecified atom stereocenters. The number of hydrogen-bond acceptors (Lipinski definition) is 3. The lowest BCUT2D eigenvalue weighted by molar-refractivity contribution is 0.101. The Balaban J connectivity index is 1.77. The molecule has 0 aliphatic heterocycles. The second-order valence-electron chi connectivity index (χ2n) is 5.69. The van der Waals surface area contributed by atoms with Gasteiger partial charge in [-0.3, -0.25) is 4.79 Å². The molecule has 0 radical (unpaired) electrons. The maximum atomic E-state index is 11.9. The lowest BCUT2D eigenvalue weighted by Crippen LogP contribution is -2.32. The van der Waals surface area contributed by atoms with Gasteiger partial charge in [-0.25, -0.2) is 4.79 Å². The number of ketones is 1. The van der Waals surface area contributed by atoms with Gasteiger partial charge in [-0.05, 0) is 56.2 Å². The highest BCUT2D eigenvalue weighted by Crippen LogP contribution is 2.16. The van der Waals surface area contributed by atoms with Crippen LogP contribution in [0.1, 0.15) is 28.4 Å². The monoisotopic (exact) mass is 326 g/mol. The van der Waals surface area contributed by atoms with Gasteiger partial charge in [0.05, 0.1) is 6.54 Å². The Hall–Kier alpha value is -2.82. The second kappa shape index (κ2) is 8.15. The topological polar surface area (TPSA) is 67.4 Å². The van der Waals surface area contributed by atoms with E-state index in [1.807, 2.05) is 26.0 Å². The van der Waals surface area contributed by atoms with Gasteiger partial charge in [-0.1, -0.05) is 18.2 Å². The number of urea groups is 1. The Morgan fingerprint density at radius 3 is 2.42 bits per heavy atom. The molecule has 5 nitrogen and oxygen atoms in total. The Morgan fingerprint density at radius 2 is 1.75 bits per heavy atom. The fourth-order valence-corrected chi connectivity index (χ4v) is 2.34. The predicted molar refractivity (Wildman–Crippen MR) is 94.9 cm³/mol. The summed E-state index contributed by atoms with van der Waals surface area (Å²) < 4.78 is 5.63. The van der Waals surface area contributed by atoms with Crippen molar-refractivity contribution >= 4 is 17.5 Å². The van der Waals surface area contributed by atoms with Crippen LogP contribution in [0.2, 0.25) is 0 Å². The average Bonchev–Trinajstić information content (AvgIpc) is 2.51. The summed E-state index contributed by atoms with van der Waals surface area (Å²) in [5.41, 5.74) is 3.42. The number of Topliss-reactive ketones (excluding diaryl/α,β-unsaturated/α-hetero) is 1. The molecule has 0 heterocycles. The van der Waals surface area contributed by atoms with Gasteiger partial charge in [-0.2, -0.15) is 0 Å². The van der Waals surface area contributed by atoms with E-state index in [0.29, 0.717) is 24.4 Å². The maximum Gasteiger partial charge on any atom is 0.319 e. The van der Waals surface area contributed by atoms with Gasteiger partial charge in [-0.15, -0.1) is 0 Å². The van der Waals surface area contributed by atoms with Crippen LogP contribution in [0.25, 0.3) is 0 Å². The van der Waals surface area contributed by atoms with E-state index in [2.05, 4.69) is 16.7 Å². The number of carbonyl (C=O) groups is 2.